The number of carbonyl (C=O) groups excluding carboxylic acids is 1. The van der Waals surface area contributed by atoms with Crippen LogP contribution in [0.5, 0.6) is 0 Å². The minimum absolute atomic E-state index is 0.338. The van der Waals surface area contributed by atoms with Crippen molar-refractivity contribution in [2.45, 2.75) is 64.1 Å². The third kappa shape index (κ3) is 5.94. The molecule has 0 aromatic rings. The molecule has 0 bridgehead atoms. The van der Waals surface area contributed by atoms with Crippen molar-refractivity contribution >= 4 is 6.09 Å². The lowest BCUT2D eigenvalue weighted by molar-refractivity contribution is 0.0521. The highest BCUT2D eigenvalue weighted by Gasteiger charge is 2.31. The number of rotatable bonds is 5. The summed E-state index contributed by atoms with van der Waals surface area (Å²) in [5.74, 6) is 0. The summed E-state index contributed by atoms with van der Waals surface area (Å²) in [4.78, 5) is 16.9. The fraction of sp³-hybridized carbons (Fsp3) is 0.941. The van der Waals surface area contributed by atoms with Crippen LogP contribution in [0.15, 0.2) is 0 Å². The van der Waals surface area contributed by atoms with E-state index >= 15 is 0 Å². The first kappa shape index (κ1) is 18.5. The van der Waals surface area contributed by atoms with Crippen LogP contribution < -0.4 is 11.1 Å². The molecule has 0 aromatic carbocycles. The van der Waals surface area contributed by atoms with E-state index in [9.17, 15) is 4.79 Å². The van der Waals surface area contributed by atoms with Crippen LogP contribution in [0.3, 0.4) is 0 Å². The van der Waals surface area contributed by atoms with Crippen LogP contribution in [0, 0.1) is 0 Å². The van der Waals surface area contributed by atoms with E-state index in [2.05, 4.69) is 15.1 Å². The van der Waals surface area contributed by atoms with Gasteiger partial charge in [-0.25, -0.2) is 4.79 Å². The lowest BCUT2D eigenvalue weighted by atomic mass is 10.1. The summed E-state index contributed by atoms with van der Waals surface area (Å²) in [5.41, 5.74) is 5.56. The van der Waals surface area contributed by atoms with Gasteiger partial charge in [0.15, 0.2) is 0 Å². The van der Waals surface area contributed by atoms with Crippen molar-refractivity contribution in [1.29, 1.82) is 0 Å². The maximum atomic E-state index is 11.7. The van der Waals surface area contributed by atoms with E-state index < -0.39 is 5.60 Å². The molecule has 2 saturated heterocycles. The molecule has 2 fully saturated rings. The van der Waals surface area contributed by atoms with E-state index in [0.717, 1.165) is 19.5 Å². The molecule has 134 valence electrons. The summed E-state index contributed by atoms with van der Waals surface area (Å²) in [6, 6.07) is 1.04. The molecule has 0 aliphatic carbocycles. The average Bonchev–Trinajstić information content (AvgIpc) is 2.79. The number of nitrogens with one attached hydrogen (secondary N) is 1. The van der Waals surface area contributed by atoms with Crippen molar-refractivity contribution in [1.82, 2.24) is 15.1 Å². The molecular weight excluding hydrogens is 292 g/mol. The van der Waals surface area contributed by atoms with Gasteiger partial charge in [0.2, 0.25) is 0 Å². The number of amides is 1. The zero-order valence-electron chi connectivity index (χ0n) is 15.0. The number of alkyl carbamates (subject to hydrolysis) is 1. The first-order chi connectivity index (χ1) is 10.9. The van der Waals surface area contributed by atoms with Crippen LogP contribution in [0.25, 0.3) is 0 Å². The van der Waals surface area contributed by atoms with Gasteiger partial charge >= 0.3 is 6.09 Å². The molecule has 2 atom stereocenters. The maximum Gasteiger partial charge on any atom is 0.407 e. The van der Waals surface area contributed by atoms with Gasteiger partial charge in [0.1, 0.15) is 5.60 Å². The van der Waals surface area contributed by atoms with Gasteiger partial charge in [-0.05, 0) is 66.1 Å². The second-order valence-corrected chi connectivity index (χ2v) is 7.79. The highest BCUT2D eigenvalue weighted by atomic mass is 16.6. The minimum atomic E-state index is -0.450. The average molecular weight is 326 g/mol. The zero-order chi connectivity index (χ0) is 16.9. The molecule has 23 heavy (non-hydrogen) atoms. The van der Waals surface area contributed by atoms with Gasteiger partial charge in [0.25, 0.3) is 0 Å². The van der Waals surface area contributed by atoms with E-state index in [1.54, 1.807) is 0 Å². The highest BCUT2D eigenvalue weighted by Crippen LogP contribution is 2.22. The second kappa shape index (κ2) is 8.31. The molecular formula is C17H34N4O2. The number of carbonyl (C=O) groups is 1. The summed E-state index contributed by atoms with van der Waals surface area (Å²) < 4.78 is 5.27. The zero-order valence-corrected chi connectivity index (χ0v) is 15.0. The van der Waals surface area contributed by atoms with E-state index in [0.29, 0.717) is 25.2 Å². The molecule has 2 aliphatic rings. The SMILES string of the molecule is CC(C)(C)OC(=O)NCCC(CN)N1CCCN2CCCC2C1. The standard InChI is InChI=1S/C17H34N4O2/c1-17(2,3)23-16(22)19-8-7-14(12-18)21-11-5-10-20-9-4-6-15(20)13-21/h14-15H,4-13,18H2,1-3H3,(H,19,22). The van der Waals surface area contributed by atoms with Crippen molar-refractivity contribution in [2.24, 2.45) is 5.73 Å². The molecule has 2 unspecified atom stereocenters. The Morgan fingerprint density at radius 2 is 2.04 bits per heavy atom. The number of nitrogens with zero attached hydrogens (tertiary/aromatic N) is 2. The van der Waals surface area contributed by atoms with Gasteiger partial charge in [-0.2, -0.15) is 0 Å². The quantitative estimate of drug-likeness (QED) is 0.799. The van der Waals surface area contributed by atoms with Gasteiger partial charge in [-0.3, -0.25) is 9.80 Å². The molecule has 2 rings (SSSR count). The van der Waals surface area contributed by atoms with Crippen molar-refractivity contribution < 1.29 is 9.53 Å². The smallest absolute Gasteiger partial charge is 0.407 e. The van der Waals surface area contributed by atoms with E-state index in [-0.39, 0.29) is 6.09 Å². The Morgan fingerprint density at radius 1 is 1.30 bits per heavy atom. The molecule has 0 spiro atoms. The van der Waals surface area contributed by atoms with E-state index in [1.807, 2.05) is 20.8 Å². The van der Waals surface area contributed by atoms with Crippen LogP contribution in [0.2, 0.25) is 0 Å². The summed E-state index contributed by atoms with van der Waals surface area (Å²) in [6.45, 7) is 11.6. The first-order valence-electron chi connectivity index (χ1n) is 9.04. The predicted octanol–water partition coefficient (Wildman–Crippen LogP) is 1.40. The first-order valence-corrected chi connectivity index (χ1v) is 9.04. The monoisotopic (exact) mass is 326 g/mol. The van der Waals surface area contributed by atoms with Crippen LogP contribution in [-0.4, -0.2) is 72.8 Å². The Bertz CT molecular complexity index is 383. The van der Waals surface area contributed by atoms with Crippen LogP contribution in [0.4, 0.5) is 4.79 Å². The molecule has 0 radical (unpaired) electrons. The third-order valence-corrected chi connectivity index (χ3v) is 4.77. The number of fused-ring (bicyclic) bond motifs is 1. The van der Waals surface area contributed by atoms with Crippen molar-refractivity contribution in [2.75, 3.05) is 39.3 Å². The molecule has 6 heteroatoms. The lowest BCUT2D eigenvalue weighted by Crippen LogP contribution is -2.46. The molecule has 0 saturated carbocycles. The van der Waals surface area contributed by atoms with Crippen molar-refractivity contribution in [3.8, 4) is 0 Å². The number of ether oxygens (including phenoxy) is 1. The van der Waals surface area contributed by atoms with E-state index in [1.165, 1.54) is 32.4 Å². The lowest BCUT2D eigenvalue weighted by Gasteiger charge is -2.32. The number of hydrogen-bond acceptors (Lipinski definition) is 5. The predicted molar refractivity (Wildman–Crippen MR) is 92.5 cm³/mol. The van der Waals surface area contributed by atoms with Gasteiger partial charge in [0.05, 0.1) is 0 Å². The van der Waals surface area contributed by atoms with Crippen LogP contribution >= 0.6 is 0 Å². The third-order valence-electron chi connectivity index (χ3n) is 4.77. The molecule has 6 nitrogen and oxygen atoms in total. The van der Waals surface area contributed by atoms with Crippen molar-refractivity contribution in [3.05, 3.63) is 0 Å². The van der Waals surface area contributed by atoms with Crippen molar-refractivity contribution in [3.63, 3.8) is 0 Å². The summed E-state index contributed by atoms with van der Waals surface area (Å²) >= 11 is 0. The Labute approximate surface area is 140 Å². The largest absolute Gasteiger partial charge is 0.444 e. The second-order valence-electron chi connectivity index (χ2n) is 7.79. The Balaban J connectivity index is 1.76. The summed E-state index contributed by atoms with van der Waals surface area (Å²) in [5, 5.41) is 2.85. The normalized spacial score (nSPS) is 24.8. The molecule has 1 amide bonds. The highest BCUT2D eigenvalue weighted by molar-refractivity contribution is 5.67. The maximum absolute atomic E-state index is 11.7. The number of hydrogen-bond donors (Lipinski definition) is 2. The van der Waals surface area contributed by atoms with E-state index in [4.69, 9.17) is 10.5 Å². The van der Waals surface area contributed by atoms with Crippen LogP contribution in [0.1, 0.15) is 46.5 Å². The molecule has 3 N–H and O–H groups in total. The van der Waals surface area contributed by atoms with Gasteiger partial charge < -0.3 is 15.8 Å². The van der Waals surface area contributed by atoms with Gasteiger partial charge in [-0.1, -0.05) is 0 Å². The molecule has 0 aromatic heterocycles. The minimum Gasteiger partial charge on any atom is -0.444 e. The fourth-order valence-corrected chi connectivity index (χ4v) is 3.67. The summed E-state index contributed by atoms with van der Waals surface area (Å²) in [6.07, 6.45) is 4.39. The molecule has 2 heterocycles. The topological polar surface area (TPSA) is 70.8 Å². The van der Waals surface area contributed by atoms with Gasteiger partial charge in [-0.15, -0.1) is 0 Å². The Morgan fingerprint density at radius 3 is 2.74 bits per heavy atom. The summed E-state index contributed by atoms with van der Waals surface area (Å²) in [7, 11) is 0. The van der Waals surface area contributed by atoms with Gasteiger partial charge in [0, 0.05) is 31.7 Å². The fourth-order valence-electron chi connectivity index (χ4n) is 3.67. The number of nitrogens with two attached hydrogens (primary N) is 1. The Kier molecular flexibility index (Phi) is 6.68. The Hall–Kier alpha value is -0.850. The molecule has 2 aliphatic heterocycles. The van der Waals surface area contributed by atoms with Crippen LogP contribution in [-0.2, 0) is 4.74 Å².